The largest absolute Gasteiger partial charge is 0.373 e. The second-order valence-corrected chi connectivity index (χ2v) is 7.40. The number of hydrogen-bond acceptors (Lipinski definition) is 2. The number of guanidine groups is 1. The van der Waals surface area contributed by atoms with Crippen molar-refractivity contribution in [3.63, 3.8) is 0 Å². The first-order valence-corrected chi connectivity index (χ1v) is 9.84. The van der Waals surface area contributed by atoms with Crippen molar-refractivity contribution < 1.29 is 4.74 Å². The summed E-state index contributed by atoms with van der Waals surface area (Å²) in [5.74, 6) is 1.28. The third-order valence-electron chi connectivity index (χ3n) is 5.19. The van der Waals surface area contributed by atoms with Crippen LogP contribution in [-0.4, -0.2) is 26.2 Å². The number of rotatable bonds is 5. The molecule has 2 atom stereocenters. The standard InChI is InChI=1S/C23H31N3O.HI/c1-17-6-10-19(11-7-17)15-25-23(24-3)26-16-21-5-4-14-27-22(21)20-12-8-18(2)9-13-20;/h6-13,21-22H,4-5,14-16H2,1-3H3,(H2,24,25,26);1H. The van der Waals surface area contributed by atoms with E-state index < -0.39 is 0 Å². The van der Waals surface area contributed by atoms with Gasteiger partial charge in [-0.2, -0.15) is 0 Å². The molecule has 2 N–H and O–H groups in total. The maximum Gasteiger partial charge on any atom is 0.191 e. The van der Waals surface area contributed by atoms with Gasteiger partial charge in [0.1, 0.15) is 0 Å². The van der Waals surface area contributed by atoms with Gasteiger partial charge in [0.25, 0.3) is 0 Å². The number of nitrogens with one attached hydrogen (secondary N) is 2. The number of hydrogen-bond donors (Lipinski definition) is 2. The Kier molecular flexibility index (Phi) is 9.25. The van der Waals surface area contributed by atoms with Gasteiger partial charge in [-0.25, -0.2) is 0 Å². The summed E-state index contributed by atoms with van der Waals surface area (Å²) in [5.41, 5.74) is 5.09. The number of aliphatic imine (C=N–C) groups is 1. The van der Waals surface area contributed by atoms with E-state index in [0.29, 0.717) is 5.92 Å². The Morgan fingerprint density at radius 1 is 1.00 bits per heavy atom. The van der Waals surface area contributed by atoms with E-state index in [4.69, 9.17) is 4.74 Å². The Labute approximate surface area is 186 Å². The second kappa shape index (κ2) is 11.4. The lowest BCUT2D eigenvalue weighted by Gasteiger charge is -2.32. The summed E-state index contributed by atoms with van der Waals surface area (Å²) in [4.78, 5) is 4.37. The molecule has 0 aliphatic carbocycles. The number of aryl methyl sites for hydroxylation is 2. The minimum absolute atomic E-state index is 0. The lowest BCUT2D eigenvalue weighted by atomic mass is 9.89. The van der Waals surface area contributed by atoms with Crippen LogP contribution in [0, 0.1) is 19.8 Å². The first kappa shape index (κ1) is 22.7. The predicted molar refractivity (Wildman–Crippen MR) is 127 cm³/mol. The van der Waals surface area contributed by atoms with Crippen LogP contribution in [-0.2, 0) is 11.3 Å². The highest BCUT2D eigenvalue weighted by atomic mass is 127. The predicted octanol–water partition coefficient (Wildman–Crippen LogP) is 4.75. The van der Waals surface area contributed by atoms with Crippen molar-refractivity contribution in [3.8, 4) is 0 Å². The smallest absolute Gasteiger partial charge is 0.191 e. The monoisotopic (exact) mass is 493 g/mol. The summed E-state index contributed by atoms with van der Waals surface area (Å²) in [6.07, 6.45) is 2.44. The molecular weight excluding hydrogens is 461 g/mol. The molecule has 0 spiro atoms. The van der Waals surface area contributed by atoms with E-state index in [9.17, 15) is 0 Å². The van der Waals surface area contributed by atoms with E-state index in [-0.39, 0.29) is 30.1 Å². The highest BCUT2D eigenvalue weighted by Gasteiger charge is 2.27. The maximum absolute atomic E-state index is 6.12. The van der Waals surface area contributed by atoms with Crippen LogP contribution in [0.5, 0.6) is 0 Å². The molecule has 5 heteroatoms. The molecule has 152 valence electrons. The Morgan fingerprint density at radius 2 is 1.64 bits per heavy atom. The van der Waals surface area contributed by atoms with E-state index in [1.807, 2.05) is 7.05 Å². The van der Waals surface area contributed by atoms with E-state index in [1.54, 1.807) is 0 Å². The molecule has 2 unspecified atom stereocenters. The summed E-state index contributed by atoms with van der Waals surface area (Å²) in [5, 5.41) is 6.90. The van der Waals surface area contributed by atoms with Crippen LogP contribution in [0.15, 0.2) is 53.5 Å². The molecular formula is C23H32IN3O. The van der Waals surface area contributed by atoms with Crippen molar-refractivity contribution in [1.82, 2.24) is 10.6 Å². The van der Waals surface area contributed by atoms with Crippen molar-refractivity contribution in [2.45, 2.75) is 39.3 Å². The molecule has 1 fully saturated rings. The van der Waals surface area contributed by atoms with E-state index >= 15 is 0 Å². The third kappa shape index (κ3) is 6.48. The molecule has 3 rings (SSSR count). The van der Waals surface area contributed by atoms with Crippen molar-refractivity contribution in [2.24, 2.45) is 10.9 Å². The average molecular weight is 493 g/mol. The Morgan fingerprint density at radius 3 is 2.29 bits per heavy atom. The molecule has 4 nitrogen and oxygen atoms in total. The minimum Gasteiger partial charge on any atom is -0.373 e. The zero-order valence-electron chi connectivity index (χ0n) is 17.1. The number of benzene rings is 2. The van der Waals surface area contributed by atoms with Crippen LogP contribution in [0.4, 0.5) is 0 Å². The lowest BCUT2D eigenvalue weighted by Crippen LogP contribution is -2.41. The molecule has 0 bridgehead atoms. The van der Waals surface area contributed by atoms with Crippen molar-refractivity contribution in [1.29, 1.82) is 0 Å². The van der Waals surface area contributed by atoms with Gasteiger partial charge >= 0.3 is 0 Å². The molecule has 2 aromatic rings. The van der Waals surface area contributed by atoms with Gasteiger partial charge in [0.05, 0.1) is 6.10 Å². The normalized spacial score (nSPS) is 19.6. The van der Waals surface area contributed by atoms with Gasteiger partial charge in [0.15, 0.2) is 5.96 Å². The Balaban J connectivity index is 0.00000280. The van der Waals surface area contributed by atoms with Crippen molar-refractivity contribution >= 4 is 29.9 Å². The zero-order chi connectivity index (χ0) is 19.1. The molecule has 0 radical (unpaired) electrons. The molecule has 0 saturated carbocycles. The van der Waals surface area contributed by atoms with Gasteiger partial charge < -0.3 is 15.4 Å². The van der Waals surface area contributed by atoms with Crippen molar-refractivity contribution in [2.75, 3.05) is 20.2 Å². The van der Waals surface area contributed by atoms with Crippen LogP contribution < -0.4 is 10.6 Å². The third-order valence-corrected chi connectivity index (χ3v) is 5.19. The molecule has 1 aliphatic rings. The molecule has 1 heterocycles. The first-order valence-electron chi connectivity index (χ1n) is 9.84. The van der Waals surface area contributed by atoms with E-state index in [0.717, 1.165) is 32.1 Å². The van der Waals surface area contributed by atoms with Gasteiger partial charge in [0.2, 0.25) is 0 Å². The van der Waals surface area contributed by atoms with Crippen LogP contribution in [0.2, 0.25) is 0 Å². The summed E-state index contributed by atoms with van der Waals surface area (Å²) < 4.78 is 6.12. The molecule has 1 aliphatic heterocycles. The van der Waals surface area contributed by atoms with Crippen LogP contribution in [0.3, 0.4) is 0 Å². The fourth-order valence-corrected chi connectivity index (χ4v) is 3.52. The van der Waals surface area contributed by atoms with Gasteiger partial charge in [-0.1, -0.05) is 59.7 Å². The molecule has 0 aromatic heterocycles. The molecule has 1 saturated heterocycles. The topological polar surface area (TPSA) is 45.7 Å². The quantitative estimate of drug-likeness (QED) is 0.359. The average Bonchev–Trinajstić information content (AvgIpc) is 2.70. The first-order chi connectivity index (χ1) is 13.2. The van der Waals surface area contributed by atoms with E-state index in [1.165, 1.54) is 28.7 Å². The molecule has 28 heavy (non-hydrogen) atoms. The van der Waals surface area contributed by atoms with Crippen LogP contribution >= 0.6 is 24.0 Å². The maximum atomic E-state index is 6.12. The van der Waals surface area contributed by atoms with Crippen LogP contribution in [0.1, 0.15) is 41.2 Å². The highest BCUT2D eigenvalue weighted by Crippen LogP contribution is 2.33. The number of halogens is 1. The van der Waals surface area contributed by atoms with Gasteiger partial charge in [0, 0.05) is 32.7 Å². The van der Waals surface area contributed by atoms with Crippen LogP contribution in [0.25, 0.3) is 0 Å². The number of nitrogens with zero attached hydrogens (tertiary/aromatic N) is 1. The lowest BCUT2D eigenvalue weighted by molar-refractivity contribution is -0.0265. The highest BCUT2D eigenvalue weighted by molar-refractivity contribution is 14.0. The zero-order valence-corrected chi connectivity index (χ0v) is 19.4. The van der Waals surface area contributed by atoms with Crippen molar-refractivity contribution in [3.05, 3.63) is 70.8 Å². The summed E-state index contributed by atoms with van der Waals surface area (Å²) in [6, 6.07) is 17.3. The fraction of sp³-hybridized carbons (Fsp3) is 0.435. The molecule has 0 amide bonds. The summed E-state index contributed by atoms with van der Waals surface area (Å²) in [7, 11) is 1.82. The van der Waals surface area contributed by atoms with Gasteiger partial charge in [-0.05, 0) is 37.8 Å². The van der Waals surface area contributed by atoms with Gasteiger partial charge in [-0.3, -0.25) is 4.99 Å². The number of ether oxygens (including phenoxy) is 1. The fourth-order valence-electron chi connectivity index (χ4n) is 3.52. The van der Waals surface area contributed by atoms with E-state index in [2.05, 4.69) is 78.0 Å². The Hall–Kier alpha value is -1.60. The minimum atomic E-state index is 0. The molecule has 2 aromatic carbocycles. The summed E-state index contributed by atoms with van der Waals surface area (Å²) in [6.45, 7) is 6.69. The summed E-state index contributed by atoms with van der Waals surface area (Å²) >= 11 is 0. The van der Waals surface area contributed by atoms with Gasteiger partial charge in [-0.15, -0.1) is 24.0 Å². The second-order valence-electron chi connectivity index (χ2n) is 7.40. The Bertz CT molecular complexity index is 743. The SMILES string of the molecule is CN=C(NCc1ccc(C)cc1)NCC1CCCOC1c1ccc(C)cc1.I.